The van der Waals surface area contributed by atoms with Crippen LogP contribution < -0.4 is 5.32 Å². The van der Waals surface area contributed by atoms with E-state index in [-0.39, 0.29) is 11.6 Å². The number of carbonyl (C=O) groups excluding carboxylic acids is 1. The molecule has 0 saturated heterocycles. The van der Waals surface area contributed by atoms with E-state index in [0.29, 0.717) is 6.42 Å². The Labute approximate surface area is 102 Å². The largest absolute Gasteiger partial charge is 0.478 e. The number of ether oxygens (including phenoxy) is 1. The van der Waals surface area contributed by atoms with Crippen LogP contribution in [0.25, 0.3) is 0 Å². The molecule has 0 fully saturated rings. The van der Waals surface area contributed by atoms with E-state index in [1.54, 1.807) is 34.6 Å². The van der Waals surface area contributed by atoms with Gasteiger partial charge in [0.15, 0.2) is 0 Å². The lowest BCUT2D eigenvalue weighted by molar-refractivity contribution is -0.132. The number of hydrogen-bond acceptors (Lipinski definition) is 3. The molecule has 0 heterocycles. The minimum absolute atomic E-state index is 0.272. The zero-order valence-electron chi connectivity index (χ0n) is 11.0. The highest BCUT2D eigenvalue weighted by Gasteiger charge is 2.17. The first-order chi connectivity index (χ1) is 7.65. The average molecular weight is 243 g/mol. The molecule has 0 saturated carbocycles. The first-order valence-electron chi connectivity index (χ1n) is 5.59. The first kappa shape index (κ1) is 15.5. The average Bonchev–Trinajstić information content (AvgIpc) is 2.09. The highest BCUT2D eigenvalue weighted by atomic mass is 16.6. The van der Waals surface area contributed by atoms with Gasteiger partial charge in [-0.05, 0) is 34.1 Å². The summed E-state index contributed by atoms with van der Waals surface area (Å²) < 4.78 is 5.06. The van der Waals surface area contributed by atoms with Gasteiger partial charge in [0.05, 0.1) is 0 Å². The number of amides is 1. The minimum atomic E-state index is -0.967. The Morgan fingerprint density at radius 3 is 2.29 bits per heavy atom. The third-order valence-corrected chi connectivity index (χ3v) is 1.85. The number of carbonyl (C=O) groups is 2. The van der Waals surface area contributed by atoms with Crippen molar-refractivity contribution in [2.24, 2.45) is 0 Å². The smallest absolute Gasteiger partial charge is 0.408 e. The van der Waals surface area contributed by atoms with Crippen molar-refractivity contribution in [2.75, 3.05) is 0 Å². The first-order valence-corrected chi connectivity index (χ1v) is 5.59. The Hall–Kier alpha value is -1.52. The normalized spacial score (nSPS) is 14.1. The molecule has 0 aromatic carbocycles. The standard InChI is InChI=1S/C12H21NO4/c1-6-9(10(14)15)7-8(2)13-11(16)17-12(3,4)5/h7-8H,6H2,1-5H3,(H,13,16)(H,14,15)/t8-/m0/s1. The van der Waals surface area contributed by atoms with Gasteiger partial charge in [0.2, 0.25) is 0 Å². The van der Waals surface area contributed by atoms with Crippen LogP contribution in [0.5, 0.6) is 0 Å². The van der Waals surface area contributed by atoms with Crippen molar-refractivity contribution in [3.8, 4) is 0 Å². The van der Waals surface area contributed by atoms with Gasteiger partial charge >= 0.3 is 12.1 Å². The number of rotatable bonds is 4. The second-order valence-electron chi connectivity index (χ2n) is 4.79. The highest BCUT2D eigenvalue weighted by Crippen LogP contribution is 2.07. The fourth-order valence-corrected chi connectivity index (χ4v) is 1.18. The Bertz CT molecular complexity index is 315. The van der Waals surface area contributed by atoms with E-state index >= 15 is 0 Å². The maximum Gasteiger partial charge on any atom is 0.408 e. The lowest BCUT2D eigenvalue weighted by Gasteiger charge is -2.21. The van der Waals surface area contributed by atoms with E-state index < -0.39 is 17.7 Å². The van der Waals surface area contributed by atoms with Crippen LogP contribution in [0.1, 0.15) is 41.0 Å². The molecule has 5 heteroatoms. The molecule has 0 aliphatic carbocycles. The zero-order valence-corrected chi connectivity index (χ0v) is 11.0. The molecular weight excluding hydrogens is 222 g/mol. The van der Waals surface area contributed by atoms with E-state index in [0.717, 1.165) is 0 Å². The number of carboxylic acids is 1. The van der Waals surface area contributed by atoms with Gasteiger partial charge in [0.25, 0.3) is 0 Å². The quantitative estimate of drug-likeness (QED) is 0.743. The Morgan fingerprint density at radius 1 is 1.41 bits per heavy atom. The Balaban J connectivity index is 4.40. The number of carboxylic acid groups (broad SMARTS) is 1. The van der Waals surface area contributed by atoms with Crippen LogP contribution in [-0.2, 0) is 9.53 Å². The van der Waals surface area contributed by atoms with Crippen molar-refractivity contribution in [3.05, 3.63) is 11.6 Å². The van der Waals surface area contributed by atoms with E-state index in [1.165, 1.54) is 6.08 Å². The Morgan fingerprint density at radius 2 is 1.94 bits per heavy atom. The fourth-order valence-electron chi connectivity index (χ4n) is 1.18. The molecule has 0 aromatic rings. The van der Waals surface area contributed by atoms with Crippen LogP contribution >= 0.6 is 0 Å². The van der Waals surface area contributed by atoms with Gasteiger partial charge in [0.1, 0.15) is 5.60 Å². The van der Waals surface area contributed by atoms with Crippen LogP contribution in [0, 0.1) is 0 Å². The van der Waals surface area contributed by atoms with Gasteiger partial charge in [-0.2, -0.15) is 0 Å². The number of hydrogen-bond donors (Lipinski definition) is 2. The van der Waals surface area contributed by atoms with Gasteiger partial charge < -0.3 is 15.2 Å². The molecule has 0 aliphatic heterocycles. The molecule has 0 rings (SSSR count). The molecule has 0 radical (unpaired) electrons. The van der Waals surface area contributed by atoms with E-state index in [2.05, 4.69) is 5.32 Å². The molecule has 2 N–H and O–H groups in total. The third kappa shape index (κ3) is 7.38. The molecule has 0 aromatic heterocycles. The van der Waals surface area contributed by atoms with Gasteiger partial charge in [-0.1, -0.05) is 13.0 Å². The maximum absolute atomic E-state index is 11.4. The molecule has 5 nitrogen and oxygen atoms in total. The SMILES string of the molecule is CCC(=C[C@H](C)NC(=O)OC(C)(C)C)C(=O)O. The van der Waals surface area contributed by atoms with E-state index in [1.807, 2.05) is 0 Å². The van der Waals surface area contributed by atoms with Gasteiger partial charge in [-0.3, -0.25) is 0 Å². The summed E-state index contributed by atoms with van der Waals surface area (Å²) in [6.07, 6.45) is 1.36. The summed E-state index contributed by atoms with van der Waals surface area (Å²) in [4.78, 5) is 22.2. The second-order valence-corrected chi connectivity index (χ2v) is 4.79. The monoisotopic (exact) mass is 243 g/mol. The van der Waals surface area contributed by atoms with Crippen molar-refractivity contribution in [1.29, 1.82) is 0 Å². The summed E-state index contributed by atoms with van der Waals surface area (Å²) in [6, 6.07) is -0.379. The van der Waals surface area contributed by atoms with E-state index in [4.69, 9.17) is 9.84 Å². The topological polar surface area (TPSA) is 75.6 Å². The van der Waals surface area contributed by atoms with Crippen molar-refractivity contribution in [2.45, 2.75) is 52.7 Å². The van der Waals surface area contributed by atoms with Crippen molar-refractivity contribution in [1.82, 2.24) is 5.32 Å². The highest BCUT2D eigenvalue weighted by molar-refractivity contribution is 5.86. The molecule has 0 bridgehead atoms. The van der Waals surface area contributed by atoms with Crippen molar-refractivity contribution < 1.29 is 19.4 Å². The van der Waals surface area contributed by atoms with Crippen LogP contribution in [0.4, 0.5) is 4.79 Å². The van der Waals surface area contributed by atoms with Crippen molar-refractivity contribution >= 4 is 12.1 Å². The molecule has 0 spiro atoms. The van der Waals surface area contributed by atoms with Gasteiger partial charge in [-0.25, -0.2) is 9.59 Å². The van der Waals surface area contributed by atoms with Crippen LogP contribution in [-0.4, -0.2) is 28.8 Å². The molecule has 0 unspecified atom stereocenters. The molecule has 98 valence electrons. The molecule has 1 atom stereocenters. The molecule has 0 aliphatic rings. The number of alkyl carbamates (subject to hydrolysis) is 1. The molecular formula is C12H21NO4. The van der Waals surface area contributed by atoms with Crippen LogP contribution in [0.2, 0.25) is 0 Å². The summed E-state index contributed by atoms with van der Waals surface area (Å²) in [6.45, 7) is 8.74. The van der Waals surface area contributed by atoms with Gasteiger partial charge in [-0.15, -0.1) is 0 Å². The second kappa shape index (κ2) is 6.27. The molecule has 1 amide bonds. The summed E-state index contributed by atoms with van der Waals surface area (Å²) in [5.74, 6) is -0.967. The number of aliphatic carboxylic acids is 1. The summed E-state index contributed by atoms with van der Waals surface area (Å²) >= 11 is 0. The zero-order chi connectivity index (χ0) is 13.6. The molecule has 17 heavy (non-hydrogen) atoms. The maximum atomic E-state index is 11.4. The summed E-state index contributed by atoms with van der Waals surface area (Å²) in [5, 5.41) is 11.4. The van der Waals surface area contributed by atoms with Crippen LogP contribution in [0.3, 0.4) is 0 Å². The van der Waals surface area contributed by atoms with E-state index in [9.17, 15) is 9.59 Å². The lowest BCUT2D eigenvalue weighted by atomic mass is 10.1. The summed E-state index contributed by atoms with van der Waals surface area (Å²) in [5.41, 5.74) is -0.290. The van der Waals surface area contributed by atoms with Crippen molar-refractivity contribution in [3.63, 3.8) is 0 Å². The number of nitrogens with one attached hydrogen (secondary N) is 1. The van der Waals surface area contributed by atoms with Crippen LogP contribution in [0.15, 0.2) is 11.6 Å². The fraction of sp³-hybridized carbons (Fsp3) is 0.667. The lowest BCUT2D eigenvalue weighted by Crippen LogP contribution is -2.37. The third-order valence-electron chi connectivity index (χ3n) is 1.85. The minimum Gasteiger partial charge on any atom is -0.478 e. The predicted octanol–water partition coefficient (Wildman–Crippen LogP) is 2.32. The van der Waals surface area contributed by atoms with Gasteiger partial charge in [0, 0.05) is 11.6 Å². The summed E-state index contributed by atoms with van der Waals surface area (Å²) in [7, 11) is 0. The Kier molecular flexibility index (Phi) is 5.71. The predicted molar refractivity (Wildman–Crippen MR) is 64.8 cm³/mol.